The van der Waals surface area contributed by atoms with Gasteiger partial charge in [-0.1, -0.05) is 13.3 Å². The van der Waals surface area contributed by atoms with Crippen molar-refractivity contribution in [3.63, 3.8) is 0 Å². The van der Waals surface area contributed by atoms with Crippen LogP contribution in [0.1, 0.15) is 41.3 Å². The number of aromatic nitrogens is 4. The molecule has 0 saturated carbocycles. The zero-order chi connectivity index (χ0) is 13.0. The van der Waals surface area contributed by atoms with Gasteiger partial charge in [-0.2, -0.15) is 5.10 Å². The van der Waals surface area contributed by atoms with E-state index < -0.39 is 5.97 Å². The minimum absolute atomic E-state index is 0.0460. The molecule has 0 aromatic carbocycles. The van der Waals surface area contributed by atoms with E-state index in [1.807, 2.05) is 0 Å². The van der Waals surface area contributed by atoms with E-state index in [-0.39, 0.29) is 18.2 Å². The van der Waals surface area contributed by atoms with Gasteiger partial charge >= 0.3 is 5.97 Å². The minimum atomic E-state index is -0.510. The Morgan fingerprint density at radius 3 is 3.00 bits per heavy atom. The van der Waals surface area contributed by atoms with Gasteiger partial charge in [0.25, 0.3) is 5.89 Å². The number of nitrogens with zero attached hydrogens (tertiary/aromatic N) is 3. The number of hydrogen-bond acceptors (Lipinski definition) is 6. The highest BCUT2D eigenvalue weighted by molar-refractivity contribution is 5.87. The predicted molar refractivity (Wildman–Crippen MR) is 60.7 cm³/mol. The SMILES string of the molecule is CCCc1cc(C(=O)OCc2nnc(C)o2)n[nH]1. The van der Waals surface area contributed by atoms with Crippen LogP contribution >= 0.6 is 0 Å². The molecule has 0 fully saturated rings. The summed E-state index contributed by atoms with van der Waals surface area (Å²) in [5.74, 6) is 0.195. The van der Waals surface area contributed by atoms with E-state index in [1.165, 1.54) is 0 Å². The number of esters is 1. The monoisotopic (exact) mass is 250 g/mol. The maximum atomic E-state index is 11.6. The van der Waals surface area contributed by atoms with E-state index in [9.17, 15) is 4.79 Å². The Morgan fingerprint density at radius 1 is 1.50 bits per heavy atom. The van der Waals surface area contributed by atoms with E-state index in [4.69, 9.17) is 9.15 Å². The van der Waals surface area contributed by atoms with Crippen LogP contribution in [0.5, 0.6) is 0 Å². The van der Waals surface area contributed by atoms with Gasteiger partial charge in [-0.05, 0) is 12.5 Å². The van der Waals surface area contributed by atoms with E-state index in [2.05, 4.69) is 27.3 Å². The van der Waals surface area contributed by atoms with Gasteiger partial charge in [0.1, 0.15) is 0 Å². The van der Waals surface area contributed by atoms with Gasteiger partial charge in [0, 0.05) is 12.6 Å². The van der Waals surface area contributed by atoms with Gasteiger partial charge in [-0.3, -0.25) is 5.10 Å². The molecular formula is C11H14N4O3. The van der Waals surface area contributed by atoms with Crippen molar-refractivity contribution < 1.29 is 13.9 Å². The van der Waals surface area contributed by atoms with Crippen LogP contribution in [0.3, 0.4) is 0 Å². The summed E-state index contributed by atoms with van der Waals surface area (Å²) < 4.78 is 10.1. The van der Waals surface area contributed by atoms with Gasteiger partial charge in [-0.15, -0.1) is 10.2 Å². The van der Waals surface area contributed by atoms with Crippen LogP contribution in [0, 0.1) is 6.92 Å². The van der Waals surface area contributed by atoms with Gasteiger partial charge < -0.3 is 9.15 Å². The Kier molecular flexibility index (Phi) is 3.71. The number of rotatable bonds is 5. The number of hydrogen-bond donors (Lipinski definition) is 1. The molecule has 2 rings (SSSR count). The molecule has 0 unspecified atom stereocenters. The average Bonchev–Trinajstić information content (AvgIpc) is 2.96. The van der Waals surface area contributed by atoms with E-state index in [0.29, 0.717) is 5.89 Å². The Bertz CT molecular complexity index is 532. The Hall–Kier alpha value is -2.18. The van der Waals surface area contributed by atoms with Crippen LogP contribution in [0.2, 0.25) is 0 Å². The minimum Gasteiger partial charge on any atom is -0.451 e. The topological polar surface area (TPSA) is 93.9 Å². The van der Waals surface area contributed by atoms with E-state index in [0.717, 1.165) is 18.5 Å². The maximum Gasteiger partial charge on any atom is 0.359 e. The summed E-state index contributed by atoms with van der Waals surface area (Å²) in [5, 5.41) is 14.0. The van der Waals surface area contributed by atoms with Crippen LogP contribution in [0.4, 0.5) is 0 Å². The first kappa shape index (κ1) is 12.3. The number of aromatic amines is 1. The van der Waals surface area contributed by atoms with Gasteiger partial charge in [0.2, 0.25) is 5.89 Å². The highest BCUT2D eigenvalue weighted by Gasteiger charge is 2.13. The average molecular weight is 250 g/mol. The molecule has 0 radical (unpaired) electrons. The summed E-state index contributed by atoms with van der Waals surface area (Å²) in [5.41, 5.74) is 1.17. The molecule has 1 N–H and O–H groups in total. The molecule has 0 amide bonds. The Labute approximate surface area is 104 Å². The zero-order valence-corrected chi connectivity index (χ0v) is 10.3. The third-order valence-electron chi connectivity index (χ3n) is 2.25. The lowest BCUT2D eigenvalue weighted by molar-refractivity contribution is 0.0430. The fraction of sp³-hybridized carbons (Fsp3) is 0.455. The maximum absolute atomic E-state index is 11.6. The first-order valence-electron chi connectivity index (χ1n) is 5.69. The Morgan fingerprint density at radius 2 is 2.33 bits per heavy atom. The number of carbonyl (C=O) groups is 1. The second-order valence-electron chi connectivity index (χ2n) is 3.82. The molecule has 96 valence electrons. The molecule has 0 atom stereocenters. The molecule has 0 aliphatic carbocycles. The third kappa shape index (κ3) is 2.93. The molecule has 0 spiro atoms. The normalized spacial score (nSPS) is 10.6. The predicted octanol–water partition coefficient (Wildman–Crippen LogP) is 1.41. The highest BCUT2D eigenvalue weighted by atomic mass is 16.5. The standard InChI is InChI=1S/C11H14N4O3/c1-3-4-8-5-9(14-13-8)11(16)17-6-10-15-12-7(2)18-10/h5H,3-4,6H2,1-2H3,(H,13,14). The fourth-order valence-corrected chi connectivity index (χ4v) is 1.46. The molecule has 0 aliphatic heterocycles. The summed E-state index contributed by atoms with van der Waals surface area (Å²) in [7, 11) is 0. The smallest absolute Gasteiger partial charge is 0.359 e. The quantitative estimate of drug-likeness (QED) is 0.806. The van der Waals surface area contributed by atoms with Crippen molar-refractivity contribution >= 4 is 5.97 Å². The number of ether oxygens (including phenoxy) is 1. The molecule has 0 bridgehead atoms. The summed E-state index contributed by atoms with van der Waals surface area (Å²) in [6, 6.07) is 1.69. The number of nitrogens with one attached hydrogen (secondary N) is 1. The lowest BCUT2D eigenvalue weighted by Gasteiger charge is -1.97. The molecule has 2 aromatic rings. The van der Waals surface area contributed by atoms with Gasteiger partial charge in [0.05, 0.1) is 0 Å². The van der Waals surface area contributed by atoms with Crippen LogP contribution in [0.15, 0.2) is 10.5 Å². The first-order valence-corrected chi connectivity index (χ1v) is 5.69. The summed E-state index contributed by atoms with van der Waals surface area (Å²) >= 11 is 0. The van der Waals surface area contributed by atoms with Crippen molar-refractivity contribution in [3.05, 3.63) is 29.2 Å². The van der Waals surface area contributed by atoms with E-state index in [1.54, 1.807) is 13.0 Å². The molecule has 0 aliphatic rings. The molecule has 7 nitrogen and oxygen atoms in total. The first-order chi connectivity index (χ1) is 8.69. The second kappa shape index (κ2) is 5.44. The van der Waals surface area contributed by atoms with Crippen molar-refractivity contribution in [2.75, 3.05) is 0 Å². The number of H-pyrrole nitrogens is 1. The van der Waals surface area contributed by atoms with Crippen LogP contribution < -0.4 is 0 Å². The molecule has 2 heterocycles. The molecular weight excluding hydrogens is 236 g/mol. The zero-order valence-electron chi connectivity index (χ0n) is 10.3. The van der Waals surface area contributed by atoms with Crippen molar-refractivity contribution in [1.29, 1.82) is 0 Å². The van der Waals surface area contributed by atoms with Crippen molar-refractivity contribution in [3.8, 4) is 0 Å². The van der Waals surface area contributed by atoms with E-state index >= 15 is 0 Å². The van der Waals surface area contributed by atoms with Crippen LogP contribution in [-0.4, -0.2) is 26.4 Å². The highest BCUT2D eigenvalue weighted by Crippen LogP contribution is 2.06. The summed E-state index contributed by atoms with van der Waals surface area (Å²) in [4.78, 5) is 11.6. The second-order valence-corrected chi connectivity index (χ2v) is 3.82. The Balaban J connectivity index is 1.90. The molecule has 7 heteroatoms. The largest absolute Gasteiger partial charge is 0.451 e. The fourth-order valence-electron chi connectivity index (χ4n) is 1.46. The molecule has 0 saturated heterocycles. The van der Waals surface area contributed by atoms with Crippen LogP contribution in [0.25, 0.3) is 0 Å². The lowest BCUT2D eigenvalue weighted by atomic mass is 10.2. The summed E-state index contributed by atoms with van der Waals surface area (Å²) in [6.07, 6.45) is 1.83. The van der Waals surface area contributed by atoms with Crippen molar-refractivity contribution in [2.45, 2.75) is 33.3 Å². The van der Waals surface area contributed by atoms with Crippen LogP contribution in [-0.2, 0) is 17.8 Å². The molecule has 2 aromatic heterocycles. The number of aryl methyl sites for hydroxylation is 2. The van der Waals surface area contributed by atoms with Gasteiger partial charge in [-0.25, -0.2) is 4.79 Å². The van der Waals surface area contributed by atoms with Crippen molar-refractivity contribution in [1.82, 2.24) is 20.4 Å². The van der Waals surface area contributed by atoms with Gasteiger partial charge in [0.15, 0.2) is 12.3 Å². The lowest BCUT2D eigenvalue weighted by Crippen LogP contribution is -2.05. The molecule has 18 heavy (non-hydrogen) atoms. The van der Waals surface area contributed by atoms with Crippen molar-refractivity contribution in [2.24, 2.45) is 0 Å². The number of carbonyl (C=O) groups excluding carboxylic acids is 1. The summed E-state index contributed by atoms with van der Waals surface area (Å²) in [6.45, 7) is 3.68. The third-order valence-corrected chi connectivity index (χ3v) is 2.25.